The summed E-state index contributed by atoms with van der Waals surface area (Å²) in [5.74, 6) is 0. The van der Waals surface area contributed by atoms with E-state index in [-0.39, 0.29) is 18.2 Å². The molecule has 1 aromatic rings. The number of hydrogen-bond donors (Lipinski definition) is 3. The van der Waals surface area contributed by atoms with E-state index in [1.807, 2.05) is 45.0 Å². The molecule has 3 N–H and O–H groups in total. The Balaban J connectivity index is 2.47. The van der Waals surface area contributed by atoms with E-state index in [1.54, 1.807) is 0 Å². The first kappa shape index (κ1) is 15.5. The molecule has 1 unspecified atom stereocenters. The van der Waals surface area contributed by atoms with Crippen LogP contribution in [0.4, 0.5) is 4.79 Å². The molecule has 0 aliphatic carbocycles. The van der Waals surface area contributed by atoms with E-state index in [4.69, 9.17) is 5.11 Å². The zero-order valence-corrected chi connectivity index (χ0v) is 12.0. The van der Waals surface area contributed by atoms with Gasteiger partial charge in [0.2, 0.25) is 0 Å². The summed E-state index contributed by atoms with van der Waals surface area (Å²) < 4.78 is 0. The molecular formula is C15H24N2O2. The predicted octanol–water partition coefficient (Wildman–Crippen LogP) is 2.35. The minimum absolute atomic E-state index is 0.0719. The number of urea groups is 1. The quantitative estimate of drug-likeness (QED) is 0.738. The Hall–Kier alpha value is -1.55. The Kier molecular flexibility index (Phi) is 5.83. The van der Waals surface area contributed by atoms with Crippen LogP contribution in [0.5, 0.6) is 0 Å². The second-order valence-electron chi connectivity index (χ2n) is 5.18. The molecule has 0 bridgehead atoms. The normalized spacial score (nSPS) is 13.7. The van der Waals surface area contributed by atoms with Crippen LogP contribution in [0.15, 0.2) is 24.3 Å². The fourth-order valence-corrected chi connectivity index (χ4v) is 1.90. The molecule has 2 amide bonds. The highest BCUT2D eigenvalue weighted by atomic mass is 16.3. The smallest absolute Gasteiger partial charge is 0.315 e. The van der Waals surface area contributed by atoms with Crippen molar-refractivity contribution in [3.05, 3.63) is 35.4 Å². The van der Waals surface area contributed by atoms with Crippen molar-refractivity contribution in [1.82, 2.24) is 10.6 Å². The standard InChI is InChI=1S/C15H24N2O2/c1-4-15(3,8-9-18)17-14(19)16-11-13-7-5-6-12(2)10-13/h5-7,10,18H,4,8-9,11H2,1-3H3,(H2,16,17,19). The molecule has 0 aliphatic heterocycles. The average molecular weight is 264 g/mol. The molecule has 106 valence electrons. The zero-order valence-electron chi connectivity index (χ0n) is 12.0. The highest BCUT2D eigenvalue weighted by Crippen LogP contribution is 2.13. The third-order valence-electron chi connectivity index (χ3n) is 3.39. The van der Waals surface area contributed by atoms with Gasteiger partial charge in [0.25, 0.3) is 0 Å². The van der Waals surface area contributed by atoms with Gasteiger partial charge in [-0.25, -0.2) is 4.79 Å². The summed E-state index contributed by atoms with van der Waals surface area (Å²) in [6.07, 6.45) is 1.34. The number of benzene rings is 1. The summed E-state index contributed by atoms with van der Waals surface area (Å²) in [4.78, 5) is 11.8. The summed E-state index contributed by atoms with van der Waals surface area (Å²) in [5.41, 5.74) is 1.90. The third kappa shape index (κ3) is 5.30. The van der Waals surface area contributed by atoms with Gasteiger partial charge < -0.3 is 15.7 Å². The number of hydrogen-bond acceptors (Lipinski definition) is 2. The first-order chi connectivity index (χ1) is 8.99. The molecule has 0 aliphatic rings. The lowest BCUT2D eigenvalue weighted by Gasteiger charge is -2.29. The average Bonchev–Trinajstić information content (AvgIpc) is 2.37. The molecule has 0 fully saturated rings. The van der Waals surface area contributed by atoms with Crippen molar-refractivity contribution in [2.75, 3.05) is 6.61 Å². The van der Waals surface area contributed by atoms with Crippen LogP contribution in [-0.2, 0) is 6.54 Å². The van der Waals surface area contributed by atoms with Crippen molar-refractivity contribution in [1.29, 1.82) is 0 Å². The molecule has 0 heterocycles. The number of aliphatic hydroxyl groups is 1. The first-order valence-electron chi connectivity index (χ1n) is 6.71. The van der Waals surface area contributed by atoms with Gasteiger partial charge in [0, 0.05) is 18.7 Å². The predicted molar refractivity (Wildman–Crippen MR) is 76.9 cm³/mol. The number of aryl methyl sites for hydroxylation is 1. The summed E-state index contributed by atoms with van der Waals surface area (Å²) in [7, 11) is 0. The summed E-state index contributed by atoms with van der Waals surface area (Å²) >= 11 is 0. The second kappa shape index (κ2) is 7.14. The minimum Gasteiger partial charge on any atom is -0.396 e. The van der Waals surface area contributed by atoms with Crippen LogP contribution in [0.2, 0.25) is 0 Å². The molecule has 0 spiro atoms. The number of rotatable bonds is 6. The van der Waals surface area contributed by atoms with Crippen molar-refractivity contribution < 1.29 is 9.90 Å². The molecule has 0 saturated heterocycles. The maximum absolute atomic E-state index is 11.8. The molecule has 1 rings (SSSR count). The minimum atomic E-state index is -0.356. The van der Waals surface area contributed by atoms with E-state index in [1.165, 1.54) is 5.56 Å². The van der Waals surface area contributed by atoms with E-state index >= 15 is 0 Å². The lowest BCUT2D eigenvalue weighted by atomic mass is 9.95. The van der Waals surface area contributed by atoms with Crippen LogP contribution in [-0.4, -0.2) is 23.3 Å². The van der Waals surface area contributed by atoms with Crippen LogP contribution in [0.3, 0.4) is 0 Å². The molecule has 4 heteroatoms. The van der Waals surface area contributed by atoms with Crippen molar-refractivity contribution in [3.8, 4) is 0 Å². The molecule has 0 radical (unpaired) electrons. The molecule has 0 aromatic heterocycles. The van der Waals surface area contributed by atoms with E-state index in [0.29, 0.717) is 13.0 Å². The number of amides is 2. The van der Waals surface area contributed by atoms with Gasteiger partial charge in [-0.2, -0.15) is 0 Å². The molecule has 0 saturated carbocycles. The fourth-order valence-electron chi connectivity index (χ4n) is 1.90. The third-order valence-corrected chi connectivity index (χ3v) is 3.39. The Morgan fingerprint density at radius 1 is 1.42 bits per heavy atom. The van der Waals surface area contributed by atoms with Crippen LogP contribution in [0.1, 0.15) is 37.8 Å². The molecular weight excluding hydrogens is 240 g/mol. The van der Waals surface area contributed by atoms with Gasteiger partial charge in [0.1, 0.15) is 0 Å². The van der Waals surface area contributed by atoms with E-state index in [2.05, 4.69) is 10.6 Å². The van der Waals surface area contributed by atoms with Gasteiger partial charge in [0.05, 0.1) is 0 Å². The van der Waals surface area contributed by atoms with Crippen molar-refractivity contribution in [3.63, 3.8) is 0 Å². The number of carbonyl (C=O) groups is 1. The molecule has 1 aromatic carbocycles. The van der Waals surface area contributed by atoms with Crippen molar-refractivity contribution >= 4 is 6.03 Å². The monoisotopic (exact) mass is 264 g/mol. The Labute approximate surface area is 115 Å². The number of aliphatic hydroxyl groups excluding tert-OH is 1. The zero-order chi connectivity index (χ0) is 14.3. The maximum atomic E-state index is 11.8. The Morgan fingerprint density at radius 2 is 2.16 bits per heavy atom. The van der Waals surface area contributed by atoms with Gasteiger partial charge in [-0.15, -0.1) is 0 Å². The summed E-state index contributed by atoms with van der Waals surface area (Å²) in [6, 6.07) is 7.84. The van der Waals surface area contributed by atoms with Crippen molar-refractivity contribution in [2.24, 2.45) is 0 Å². The topological polar surface area (TPSA) is 61.4 Å². The van der Waals surface area contributed by atoms with E-state index in [0.717, 1.165) is 12.0 Å². The van der Waals surface area contributed by atoms with E-state index in [9.17, 15) is 4.79 Å². The van der Waals surface area contributed by atoms with Gasteiger partial charge in [0.15, 0.2) is 0 Å². The SMILES string of the molecule is CCC(C)(CCO)NC(=O)NCc1cccc(C)c1. The van der Waals surface area contributed by atoms with Gasteiger partial charge in [-0.05, 0) is 32.3 Å². The Morgan fingerprint density at radius 3 is 2.74 bits per heavy atom. The lowest BCUT2D eigenvalue weighted by Crippen LogP contribution is -2.50. The van der Waals surface area contributed by atoms with Gasteiger partial charge >= 0.3 is 6.03 Å². The number of carbonyl (C=O) groups excluding carboxylic acids is 1. The van der Waals surface area contributed by atoms with Gasteiger partial charge in [-0.3, -0.25) is 0 Å². The highest BCUT2D eigenvalue weighted by molar-refractivity contribution is 5.74. The molecule has 1 atom stereocenters. The largest absolute Gasteiger partial charge is 0.396 e. The van der Waals surface area contributed by atoms with Crippen LogP contribution >= 0.6 is 0 Å². The Bertz CT molecular complexity index is 420. The van der Waals surface area contributed by atoms with Gasteiger partial charge in [-0.1, -0.05) is 36.8 Å². The summed E-state index contributed by atoms with van der Waals surface area (Å²) in [6.45, 7) is 6.54. The van der Waals surface area contributed by atoms with E-state index < -0.39 is 0 Å². The highest BCUT2D eigenvalue weighted by Gasteiger charge is 2.23. The maximum Gasteiger partial charge on any atom is 0.315 e. The van der Waals surface area contributed by atoms with Crippen molar-refractivity contribution in [2.45, 2.75) is 45.7 Å². The number of nitrogens with one attached hydrogen (secondary N) is 2. The second-order valence-corrected chi connectivity index (χ2v) is 5.18. The van der Waals surface area contributed by atoms with Crippen LogP contribution in [0.25, 0.3) is 0 Å². The summed E-state index contributed by atoms with van der Waals surface area (Å²) in [5, 5.41) is 14.8. The van der Waals surface area contributed by atoms with Crippen LogP contribution in [0, 0.1) is 6.92 Å². The fraction of sp³-hybridized carbons (Fsp3) is 0.533. The van der Waals surface area contributed by atoms with Crippen LogP contribution < -0.4 is 10.6 Å². The molecule has 19 heavy (non-hydrogen) atoms. The lowest BCUT2D eigenvalue weighted by molar-refractivity contribution is 0.200. The molecule has 4 nitrogen and oxygen atoms in total. The first-order valence-corrected chi connectivity index (χ1v) is 6.71.